The first-order valence-electron chi connectivity index (χ1n) is 5.26. The van der Waals surface area contributed by atoms with Crippen LogP contribution < -0.4 is 5.73 Å². The van der Waals surface area contributed by atoms with Crippen LogP contribution in [0.5, 0.6) is 0 Å². The Balaban J connectivity index is 0.000000310. The van der Waals surface area contributed by atoms with Gasteiger partial charge in [0.1, 0.15) is 0 Å². The zero-order valence-electron chi connectivity index (χ0n) is 9.23. The maximum absolute atomic E-state index is 9.22. The summed E-state index contributed by atoms with van der Waals surface area (Å²) in [7, 11) is 0. The highest BCUT2D eigenvalue weighted by molar-refractivity contribution is 5.70. The monoisotopic (exact) mass is 185 g/mol. The lowest BCUT2D eigenvalue weighted by atomic mass is 10.0. The van der Waals surface area contributed by atoms with E-state index in [2.05, 4.69) is 19.6 Å². The van der Waals surface area contributed by atoms with Crippen LogP contribution in [0.2, 0.25) is 0 Å². The molecule has 1 aliphatic carbocycles. The molecule has 0 aromatic rings. The third-order valence-corrected chi connectivity index (χ3v) is 2.49. The van der Waals surface area contributed by atoms with Gasteiger partial charge in [0.15, 0.2) is 0 Å². The number of rotatable bonds is 4. The van der Waals surface area contributed by atoms with Crippen molar-refractivity contribution in [1.82, 2.24) is 0 Å². The molecular formula is C11H23NO. The normalized spacial score (nSPS) is 17.2. The maximum atomic E-state index is 9.22. The van der Waals surface area contributed by atoms with E-state index >= 15 is 0 Å². The standard InChI is InChI=1S/C9H18.C2H5NO/c1-3-4-5-6-9(2)7-8-9;1-2(3)4/h3-8H2,1-2H3;1H3,(H2,3,4). The first-order chi connectivity index (χ1) is 6.00. The Labute approximate surface area is 81.9 Å². The van der Waals surface area contributed by atoms with E-state index in [4.69, 9.17) is 0 Å². The molecule has 0 aromatic heterocycles. The number of carbonyl (C=O) groups excluding carboxylic acids is 1. The molecule has 0 heterocycles. The van der Waals surface area contributed by atoms with E-state index in [9.17, 15) is 4.79 Å². The van der Waals surface area contributed by atoms with E-state index in [0.717, 1.165) is 5.41 Å². The zero-order valence-corrected chi connectivity index (χ0v) is 9.23. The van der Waals surface area contributed by atoms with E-state index in [0.29, 0.717) is 0 Å². The van der Waals surface area contributed by atoms with Crippen molar-refractivity contribution in [1.29, 1.82) is 0 Å². The van der Waals surface area contributed by atoms with Gasteiger partial charge in [-0.05, 0) is 24.7 Å². The molecule has 0 atom stereocenters. The van der Waals surface area contributed by atoms with Gasteiger partial charge < -0.3 is 5.73 Å². The maximum Gasteiger partial charge on any atom is 0.214 e. The van der Waals surface area contributed by atoms with Crippen LogP contribution in [0.4, 0.5) is 0 Å². The van der Waals surface area contributed by atoms with Gasteiger partial charge in [0.25, 0.3) is 0 Å². The van der Waals surface area contributed by atoms with Crippen molar-refractivity contribution in [3.8, 4) is 0 Å². The molecule has 1 rings (SSSR count). The molecule has 0 radical (unpaired) electrons. The van der Waals surface area contributed by atoms with Crippen LogP contribution >= 0.6 is 0 Å². The first kappa shape index (κ1) is 12.5. The average molecular weight is 185 g/mol. The fourth-order valence-electron chi connectivity index (χ4n) is 1.27. The lowest BCUT2D eigenvalue weighted by Gasteiger charge is -2.04. The Morgan fingerprint density at radius 3 is 2.15 bits per heavy atom. The Hall–Kier alpha value is -0.530. The van der Waals surface area contributed by atoms with Crippen LogP contribution in [-0.2, 0) is 4.79 Å². The number of primary amides is 1. The number of hydrogen-bond donors (Lipinski definition) is 1. The quantitative estimate of drug-likeness (QED) is 0.672. The van der Waals surface area contributed by atoms with Crippen molar-refractivity contribution in [2.45, 2.75) is 59.3 Å². The zero-order chi connectivity index (χ0) is 10.3. The summed E-state index contributed by atoms with van der Waals surface area (Å²) in [6.45, 7) is 6.00. The second-order valence-electron chi connectivity index (χ2n) is 4.38. The largest absolute Gasteiger partial charge is 0.370 e. The smallest absolute Gasteiger partial charge is 0.214 e. The Kier molecular flexibility index (Phi) is 5.76. The van der Waals surface area contributed by atoms with Gasteiger partial charge in [-0.15, -0.1) is 0 Å². The van der Waals surface area contributed by atoms with Crippen molar-refractivity contribution in [2.75, 3.05) is 0 Å². The molecular weight excluding hydrogens is 162 g/mol. The molecule has 0 aromatic carbocycles. The minimum absolute atomic E-state index is 0.333. The van der Waals surface area contributed by atoms with Crippen LogP contribution in [0.15, 0.2) is 0 Å². The molecule has 13 heavy (non-hydrogen) atoms. The highest BCUT2D eigenvalue weighted by Crippen LogP contribution is 2.49. The second kappa shape index (κ2) is 6.01. The number of carbonyl (C=O) groups is 1. The van der Waals surface area contributed by atoms with Crippen molar-refractivity contribution < 1.29 is 4.79 Å². The van der Waals surface area contributed by atoms with E-state index in [1.54, 1.807) is 0 Å². The van der Waals surface area contributed by atoms with Crippen LogP contribution in [-0.4, -0.2) is 5.91 Å². The summed E-state index contributed by atoms with van der Waals surface area (Å²) in [4.78, 5) is 9.22. The van der Waals surface area contributed by atoms with Crippen LogP contribution in [0.25, 0.3) is 0 Å². The molecule has 0 unspecified atom stereocenters. The van der Waals surface area contributed by atoms with Gasteiger partial charge in [-0.2, -0.15) is 0 Å². The lowest BCUT2D eigenvalue weighted by molar-refractivity contribution is -0.115. The fourth-order valence-corrected chi connectivity index (χ4v) is 1.27. The first-order valence-corrected chi connectivity index (χ1v) is 5.26. The third kappa shape index (κ3) is 9.38. The van der Waals surface area contributed by atoms with Crippen molar-refractivity contribution in [3.63, 3.8) is 0 Å². The molecule has 2 nitrogen and oxygen atoms in total. The second-order valence-corrected chi connectivity index (χ2v) is 4.38. The summed E-state index contributed by atoms with van der Waals surface area (Å²) < 4.78 is 0. The van der Waals surface area contributed by atoms with E-state index in [1.807, 2.05) is 0 Å². The highest BCUT2D eigenvalue weighted by Gasteiger charge is 2.35. The van der Waals surface area contributed by atoms with E-state index < -0.39 is 0 Å². The summed E-state index contributed by atoms with van der Waals surface area (Å²) in [5.41, 5.74) is 5.27. The van der Waals surface area contributed by atoms with Crippen molar-refractivity contribution in [2.24, 2.45) is 11.1 Å². The summed E-state index contributed by atoms with van der Waals surface area (Å²) in [6.07, 6.45) is 8.76. The number of unbranched alkanes of at least 4 members (excludes halogenated alkanes) is 2. The highest BCUT2D eigenvalue weighted by atomic mass is 16.1. The van der Waals surface area contributed by atoms with Gasteiger partial charge in [0, 0.05) is 6.92 Å². The molecule has 0 aliphatic heterocycles. The predicted molar refractivity (Wildman–Crippen MR) is 56.4 cm³/mol. The topological polar surface area (TPSA) is 43.1 Å². The third-order valence-electron chi connectivity index (χ3n) is 2.49. The van der Waals surface area contributed by atoms with Crippen LogP contribution in [0, 0.1) is 5.41 Å². The van der Waals surface area contributed by atoms with Gasteiger partial charge in [0.2, 0.25) is 5.91 Å². The fraction of sp³-hybridized carbons (Fsp3) is 0.909. The number of amides is 1. The van der Waals surface area contributed by atoms with Gasteiger partial charge in [-0.3, -0.25) is 4.79 Å². The summed E-state index contributed by atoms with van der Waals surface area (Å²) in [6, 6.07) is 0. The van der Waals surface area contributed by atoms with Crippen LogP contribution in [0.3, 0.4) is 0 Å². The minimum Gasteiger partial charge on any atom is -0.370 e. The summed E-state index contributed by atoms with van der Waals surface area (Å²) >= 11 is 0. The Bertz CT molecular complexity index is 146. The minimum atomic E-state index is -0.333. The summed E-state index contributed by atoms with van der Waals surface area (Å²) in [5, 5.41) is 0. The molecule has 1 aliphatic rings. The number of hydrogen-bond acceptors (Lipinski definition) is 1. The molecule has 0 bridgehead atoms. The average Bonchev–Trinajstić information content (AvgIpc) is 2.68. The van der Waals surface area contributed by atoms with Gasteiger partial charge >= 0.3 is 0 Å². The molecule has 1 fully saturated rings. The van der Waals surface area contributed by atoms with E-state index in [-0.39, 0.29) is 5.91 Å². The molecule has 78 valence electrons. The Morgan fingerprint density at radius 1 is 1.38 bits per heavy atom. The van der Waals surface area contributed by atoms with Crippen molar-refractivity contribution in [3.05, 3.63) is 0 Å². The molecule has 0 saturated heterocycles. The molecule has 2 N–H and O–H groups in total. The van der Waals surface area contributed by atoms with Crippen molar-refractivity contribution >= 4 is 5.91 Å². The van der Waals surface area contributed by atoms with Gasteiger partial charge in [0.05, 0.1) is 0 Å². The molecule has 0 spiro atoms. The lowest BCUT2D eigenvalue weighted by Crippen LogP contribution is -2.01. The molecule has 1 amide bonds. The molecule has 2 heteroatoms. The summed E-state index contributed by atoms with van der Waals surface area (Å²) in [5.74, 6) is -0.333. The van der Waals surface area contributed by atoms with Gasteiger partial charge in [-0.1, -0.05) is 33.1 Å². The van der Waals surface area contributed by atoms with Gasteiger partial charge in [-0.25, -0.2) is 0 Å². The number of nitrogens with two attached hydrogens (primary N) is 1. The van der Waals surface area contributed by atoms with Crippen LogP contribution in [0.1, 0.15) is 59.3 Å². The predicted octanol–water partition coefficient (Wildman–Crippen LogP) is 2.86. The van der Waals surface area contributed by atoms with E-state index in [1.165, 1.54) is 45.4 Å². The molecule has 1 saturated carbocycles. The SMILES string of the molecule is CC(N)=O.CCCCCC1(C)CC1. The Morgan fingerprint density at radius 2 is 1.85 bits per heavy atom.